The summed E-state index contributed by atoms with van der Waals surface area (Å²) in [6.07, 6.45) is 4.00. The summed E-state index contributed by atoms with van der Waals surface area (Å²) in [4.78, 5) is 30.1. The second-order valence-electron chi connectivity index (χ2n) is 8.70. The first-order valence-electron chi connectivity index (χ1n) is 11.0. The standard InChI is InChI=1S/C25H28N6O2/c1-16(2)13-19(18-9-7-17(3)8-10-18)14-27-24(32)21-5-4-6-23-28-20(15-30(21)23)25(33)31-12-11-22(26)29-31/h4-12,15-16,19H,13-14H2,1-3H3,(H2,26,29)(H,27,32). The van der Waals surface area contributed by atoms with E-state index in [0.717, 1.165) is 11.1 Å². The van der Waals surface area contributed by atoms with Crippen molar-refractivity contribution < 1.29 is 9.59 Å². The van der Waals surface area contributed by atoms with E-state index in [-0.39, 0.29) is 23.3 Å². The highest BCUT2D eigenvalue weighted by atomic mass is 16.2. The molecule has 1 aromatic carbocycles. The Bertz CT molecular complexity index is 1290. The third-order valence-corrected chi connectivity index (χ3v) is 5.58. The number of rotatable bonds is 7. The van der Waals surface area contributed by atoms with Crippen molar-refractivity contribution in [3.8, 4) is 0 Å². The quantitative estimate of drug-likeness (QED) is 0.452. The van der Waals surface area contributed by atoms with Crippen molar-refractivity contribution in [3.05, 3.63) is 83.4 Å². The Morgan fingerprint density at radius 2 is 1.85 bits per heavy atom. The van der Waals surface area contributed by atoms with E-state index in [1.807, 2.05) is 0 Å². The van der Waals surface area contributed by atoms with E-state index in [1.165, 1.54) is 23.4 Å². The summed E-state index contributed by atoms with van der Waals surface area (Å²) < 4.78 is 2.76. The number of aryl methyl sites for hydroxylation is 1. The van der Waals surface area contributed by atoms with Gasteiger partial charge < -0.3 is 11.1 Å². The van der Waals surface area contributed by atoms with E-state index in [1.54, 1.807) is 28.8 Å². The molecule has 33 heavy (non-hydrogen) atoms. The Kier molecular flexibility index (Phi) is 6.26. The lowest BCUT2D eigenvalue weighted by atomic mass is 9.90. The van der Waals surface area contributed by atoms with E-state index < -0.39 is 5.91 Å². The van der Waals surface area contributed by atoms with Gasteiger partial charge in [0.15, 0.2) is 0 Å². The smallest absolute Gasteiger partial charge is 0.298 e. The lowest BCUT2D eigenvalue weighted by Crippen LogP contribution is -2.30. The second-order valence-corrected chi connectivity index (χ2v) is 8.70. The van der Waals surface area contributed by atoms with Crippen LogP contribution in [0.15, 0.2) is 60.9 Å². The van der Waals surface area contributed by atoms with Gasteiger partial charge in [-0.05, 0) is 37.0 Å². The van der Waals surface area contributed by atoms with Gasteiger partial charge in [0.25, 0.3) is 11.8 Å². The molecule has 0 fully saturated rings. The molecule has 1 atom stereocenters. The van der Waals surface area contributed by atoms with Gasteiger partial charge in [0, 0.05) is 30.9 Å². The number of anilines is 1. The molecule has 4 aromatic rings. The third kappa shape index (κ3) is 4.95. The highest BCUT2D eigenvalue weighted by molar-refractivity contribution is 5.96. The molecule has 170 valence electrons. The Labute approximate surface area is 192 Å². The Morgan fingerprint density at radius 3 is 2.52 bits per heavy atom. The van der Waals surface area contributed by atoms with E-state index in [4.69, 9.17) is 5.73 Å². The molecule has 1 amide bonds. The maximum absolute atomic E-state index is 13.1. The minimum absolute atomic E-state index is 0.177. The number of nitrogen functional groups attached to an aromatic ring is 1. The number of pyridine rings is 1. The van der Waals surface area contributed by atoms with Gasteiger partial charge in [0.05, 0.1) is 0 Å². The van der Waals surface area contributed by atoms with Gasteiger partial charge in [-0.3, -0.25) is 14.0 Å². The summed E-state index contributed by atoms with van der Waals surface area (Å²) in [6, 6.07) is 15.2. The maximum Gasteiger partial charge on any atom is 0.298 e. The van der Waals surface area contributed by atoms with Crippen LogP contribution in [-0.4, -0.2) is 37.5 Å². The number of nitrogens with zero attached hydrogens (tertiary/aromatic N) is 4. The average molecular weight is 445 g/mol. The summed E-state index contributed by atoms with van der Waals surface area (Å²) in [5, 5.41) is 7.01. The van der Waals surface area contributed by atoms with E-state index in [0.29, 0.717) is 23.8 Å². The molecular formula is C25H28N6O2. The molecule has 0 spiro atoms. The Balaban J connectivity index is 1.55. The zero-order chi connectivity index (χ0) is 23.5. The topological polar surface area (TPSA) is 107 Å². The molecule has 0 radical (unpaired) electrons. The largest absolute Gasteiger partial charge is 0.382 e. The first-order chi connectivity index (χ1) is 15.8. The molecule has 0 aliphatic rings. The molecule has 0 aliphatic heterocycles. The minimum atomic E-state index is -0.418. The highest BCUT2D eigenvalue weighted by Gasteiger charge is 2.19. The monoisotopic (exact) mass is 444 g/mol. The number of amides is 1. The summed E-state index contributed by atoms with van der Waals surface area (Å²) in [7, 11) is 0. The summed E-state index contributed by atoms with van der Waals surface area (Å²) >= 11 is 0. The molecule has 8 heteroatoms. The van der Waals surface area contributed by atoms with Crippen LogP contribution in [0, 0.1) is 12.8 Å². The number of carbonyl (C=O) groups is 2. The summed E-state index contributed by atoms with van der Waals surface area (Å²) in [6.45, 7) is 6.95. The van der Waals surface area contributed by atoms with Crippen LogP contribution in [-0.2, 0) is 0 Å². The number of benzene rings is 1. The van der Waals surface area contributed by atoms with Crippen LogP contribution in [0.25, 0.3) is 5.65 Å². The predicted octanol–water partition coefficient (Wildman–Crippen LogP) is 3.67. The van der Waals surface area contributed by atoms with Crippen LogP contribution in [0.1, 0.15) is 58.3 Å². The molecule has 3 heterocycles. The van der Waals surface area contributed by atoms with Gasteiger partial charge in [-0.15, -0.1) is 5.10 Å². The molecule has 8 nitrogen and oxygen atoms in total. The maximum atomic E-state index is 13.1. The normalized spacial score (nSPS) is 12.2. The number of hydrogen-bond acceptors (Lipinski definition) is 5. The average Bonchev–Trinajstić information content (AvgIpc) is 3.42. The van der Waals surface area contributed by atoms with Gasteiger partial charge in [0.1, 0.15) is 22.9 Å². The molecule has 0 saturated carbocycles. The van der Waals surface area contributed by atoms with E-state index in [2.05, 4.69) is 60.4 Å². The first-order valence-corrected chi connectivity index (χ1v) is 11.0. The number of carbonyl (C=O) groups excluding carboxylic acids is 2. The van der Waals surface area contributed by atoms with Crippen LogP contribution in [0.3, 0.4) is 0 Å². The van der Waals surface area contributed by atoms with Crippen molar-refractivity contribution >= 4 is 23.3 Å². The van der Waals surface area contributed by atoms with Crippen molar-refractivity contribution in [3.63, 3.8) is 0 Å². The summed E-state index contributed by atoms with van der Waals surface area (Å²) in [5.74, 6) is 0.310. The fourth-order valence-electron chi connectivity index (χ4n) is 3.92. The molecule has 0 aliphatic carbocycles. The van der Waals surface area contributed by atoms with Crippen LogP contribution in [0.5, 0.6) is 0 Å². The third-order valence-electron chi connectivity index (χ3n) is 5.58. The molecule has 3 aromatic heterocycles. The Hall–Kier alpha value is -3.94. The molecular weight excluding hydrogens is 416 g/mol. The molecule has 0 saturated heterocycles. The van der Waals surface area contributed by atoms with Crippen molar-refractivity contribution in [1.29, 1.82) is 0 Å². The van der Waals surface area contributed by atoms with Crippen molar-refractivity contribution in [2.75, 3.05) is 12.3 Å². The zero-order valence-corrected chi connectivity index (χ0v) is 19.0. The number of nitrogens with two attached hydrogens (primary N) is 1. The lowest BCUT2D eigenvalue weighted by molar-refractivity contribution is 0.0932. The fraction of sp³-hybridized carbons (Fsp3) is 0.280. The van der Waals surface area contributed by atoms with Gasteiger partial charge >= 0.3 is 0 Å². The Morgan fingerprint density at radius 1 is 1.09 bits per heavy atom. The highest BCUT2D eigenvalue weighted by Crippen LogP contribution is 2.24. The molecule has 0 bridgehead atoms. The van der Waals surface area contributed by atoms with Crippen molar-refractivity contribution in [2.24, 2.45) is 5.92 Å². The zero-order valence-electron chi connectivity index (χ0n) is 19.0. The van der Waals surface area contributed by atoms with Gasteiger partial charge in [-0.2, -0.15) is 0 Å². The minimum Gasteiger partial charge on any atom is -0.382 e. The number of imidazole rings is 1. The van der Waals surface area contributed by atoms with Crippen LogP contribution in [0.2, 0.25) is 0 Å². The lowest BCUT2D eigenvalue weighted by Gasteiger charge is -2.20. The van der Waals surface area contributed by atoms with E-state index in [9.17, 15) is 9.59 Å². The van der Waals surface area contributed by atoms with Crippen LogP contribution in [0.4, 0.5) is 5.82 Å². The number of fused-ring (bicyclic) bond motifs is 1. The SMILES string of the molecule is Cc1ccc(C(CNC(=O)c2cccc3nc(C(=O)n4ccc(N)n4)cn23)CC(C)C)cc1. The van der Waals surface area contributed by atoms with Crippen molar-refractivity contribution in [2.45, 2.75) is 33.1 Å². The fourth-order valence-corrected chi connectivity index (χ4v) is 3.92. The van der Waals surface area contributed by atoms with Crippen LogP contribution >= 0.6 is 0 Å². The molecule has 4 rings (SSSR count). The van der Waals surface area contributed by atoms with Gasteiger partial charge in [-0.1, -0.05) is 49.7 Å². The van der Waals surface area contributed by atoms with Crippen molar-refractivity contribution in [1.82, 2.24) is 24.5 Å². The van der Waals surface area contributed by atoms with Crippen LogP contribution < -0.4 is 11.1 Å². The predicted molar refractivity (Wildman–Crippen MR) is 127 cm³/mol. The second kappa shape index (κ2) is 9.28. The first kappa shape index (κ1) is 22.3. The van der Waals surface area contributed by atoms with E-state index >= 15 is 0 Å². The summed E-state index contributed by atoms with van der Waals surface area (Å²) in [5.41, 5.74) is 9.12. The number of hydrogen-bond donors (Lipinski definition) is 2. The molecule has 3 N–H and O–H groups in total. The molecule has 1 unspecified atom stereocenters. The van der Waals surface area contributed by atoms with Gasteiger partial charge in [0.2, 0.25) is 0 Å². The number of nitrogens with one attached hydrogen (secondary N) is 1. The number of aromatic nitrogens is 4. The van der Waals surface area contributed by atoms with Gasteiger partial charge in [-0.25, -0.2) is 9.67 Å².